The zero-order chi connectivity index (χ0) is 16.3. The van der Waals surface area contributed by atoms with Crippen molar-refractivity contribution in [3.05, 3.63) is 5.82 Å². The molecule has 2 aliphatic rings. The largest absolute Gasteiger partial charge is 0.389 e. The summed E-state index contributed by atoms with van der Waals surface area (Å²) in [6.45, 7) is 5.23. The molecule has 23 heavy (non-hydrogen) atoms. The Bertz CT molecular complexity index is 542. The van der Waals surface area contributed by atoms with Crippen molar-refractivity contribution in [1.82, 2.24) is 14.3 Å². The minimum atomic E-state index is -0.752. The van der Waals surface area contributed by atoms with E-state index >= 15 is 0 Å². The molecule has 0 spiro atoms. The standard InChI is InChI=1S/C16H26N4O2S/c1-2-13-17-15(23-18-13)20-9-5-8-19(10-11-20)14(21)12-16(22)6-3-4-7-16/h22H,2-12H2,1H3. The highest BCUT2D eigenvalue weighted by atomic mass is 32.1. The lowest BCUT2D eigenvalue weighted by Crippen LogP contribution is -2.40. The van der Waals surface area contributed by atoms with Crippen molar-refractivity contribution in [2.45, 2.75) is 57.5 Å². The molecule has 0 unspecified atom stereocenters. The third kappa shape index (κ3) is 4.01. The predicted molar refractivity (Wildman–Crippen MR) is 90.7 cm³/mol. The number of aromatic nitrogens is 2. The van der Waals surface area contributed by atoms with Gasteiger partial charge in [-0.3, -0.25) is 4.79 Å². The highest BCUT2D eigenvalue weighted by Crippen LogP contribution is 2.33. The van der Waals surface area contributed by atoms with Crippen LogP contribution in [0.4, 0.5) is 5.13 Å². The lowest BCUT2D eigenvalue weighted by Gasteiger charge is -2.27. The molecule has 1 aliphatic heterocycles. The summed E-state index contributed by atoms with van der Waals surface area (Å²) < 4.78 is 4.35. The smallest absolute Gasteiger partial charge is 0.225 e. The Balaban J connectivity index is 1.56. The fourth-order valence-electron chi connectivity index (χ4n) is 3.48. The van der Waals surface area contributed by atoms with Crippen LogP contribution in [0.1, 0.15) is 51.3 Å². The Morgan fingerprint density at radius 1 is 1.22 bits per heavy atom. The molecule has 1 aliphatic carbocycles. The van der Waals surface area contributed by atoms with Crippen molar-refractivity contribution >= 4 is 22.6 Å². The van der Waals surface area contributed by atoms with Crippen molar-refractivity contribution in [3.8, 4) is 0 Å². The van der Waals surface area contributed by atoms with Crippen LogP contribution in [0, 0.1) is 0 Å². The summed E-state index contributed by atoms with van der Waals surface area (Å²) in [5, 5.41) is 11.4. The van der Waals surface area contributed by atoms with E-state index in [1.165, 1.54) is 11.5 Å². The van der Waals surface area contributed by atoms with Gasteiger partial charge in [-0.25, -0.2) is 4.98 Å². The van der Waals surface area contributed by atoms with E-state index in [0.717, 1.165) is 69.1 Å². The van der Waals surface area contributed by atoms with Gasteiger partial charge in [-0.1, -0.05) is 19.8 Å². The first kappa shape index (κ1) is 16.6. The lowest BCUT2D eigenvalue weighted by molar-refractivity contribution is -0.136. The molecule has 0 bridgehead atoms. The van der Waals surface area contributed by atoms with Crippen molar-refractivity contribution in [3.63, 3.8) is 0 Å². The number of rotatable bonds is 4. The second-order valence-corrected chi connectivity index (χ2v) is 7.41. The summed E-state index contributed by atoms with van der Waals surface area (Å²) in [5.74, 6) is 0.994. The molecule has 128 valence electrons. The Morgan fingerprint density at radius 2 is 2.00 bits per heavy atom. The molecule has 6 nitrogen and oxygen atoms in total. The van der Waals surface area contributed by atoms with Gasteiger partial charge in [0.05, 0.1) is 12.0 Å². The Hall–Kier alpha value is -1.21. The van der Waals surface area contributed by atoms with Crippen LogP contribution < -0.4 is 4.90 Å². The van der Waals surface area contributed by atoms with Gasteiger partial charge in [0.1, 0.15) is 5.82 Å². The average molecular weight is 338 g/mol. The number of amides is 1. The number of nitrogens with zero attached hydrogens (tertiary/aromatic N) is 4. The molecule has 0 atom stereocenters. The second-order valence-electron chi connectivity index (χ2n) is 6.68. The first-order valence-corrected chi connectivity index (χ1v) is 9.45. The number of anilines is 1. The van der Waals surface area contributed by atoms with Crippen LogP contribution in [0.25, 0.3) is 0 Å². The third-order valence-corrected chi connectivity index (χ3v) is 5.72. The molecule has 2 heterocycles. The summed E-state index contributed by atoms with van der Waals surface area (Å²) in [5.41, 5.74) is -0.752. The van der Waals surface area contributed by atoms with Crippen LogP contribution >= 0.6 is 11.5 Å². The van der Waals surface area contributed by atoms with Gasteiger partial charge in [0.2, 0.25) is 11.0 Å². The molecule has 1 saturated carbocycles. The van der Waals surface area contributed by atoms with Crippen LogP contribution in [-0.2, 0) is 11.2 Å². The third-order valence-electron chi connectivity index (χ3n) is 4.91. The van der Waals surface area contributed by atoms with Gasteiger partial charge >= 0.3 is 0 Å². The van der Waals surface area contributed by atoms with E-state index in [-0.39, 0.29) is 12.3 Å². The molecule has 2 fully saturated rings. The van der Waals surface area contributed by atoms with Gasteiger partial charge in [0.25, 0.3) is 0 Å². The van der Waals surface area contributed by atoms with E-state index < -0.39 is 5.60 Å². The molecule has 0 aromatic carbocycles. The van der Waals surface area contributed by atoms with E-state index in [1.54, 1.807) is 0 Å². The normalized spacial score (nSPS) is 21.5. The summed E-state index contributed by atoms with van der Waals surface area (Å²) in [7, 11) is 0. The van der Waals surface area contributed by atoms with Gasteiger partial charge in [0, 0.05) is 44.1 Å². The molecule has 1 N–H and O–H groups in total. The van der Waals surface area contributed by atoms with Crippen LogP contribution in [0.15, 0.2) is 0 Å². The number of aliphatic hydroxyl groups is 1. The number of hydrogen-bond acceptors (Lipinski definition) is 6. The van der Waals surface area contributed by atoms with E-state index in [4.69, 9.17) is 0 Å². The highest BCUT2D eigenvalue weighted by molar-refractivity contribution is 7.09. The van der Waals surface area contributed by atoms with Crippen LogP contribution in [-0.4, -0.2) is 57.1 Å². The predicted octanol–water partition coefficient (Wildman–Crippen LogP) is 1.83. The average Bonchev–Trinajstić information content (AvgIpc) is 3.10. The van der Waals surface area contributed by atoms with Gasteiger partial charge in [-0.15, -0.1) is 0 Å². The van der Waals surface area contributed by atoms with Gasteiger partial charge in [-0.2, -0.15) is 4.37 Å². The SMILES string of the molecule is CCc1nsc(N2CCCN(C(=O)CC3(O)CCCC3)CC2)n1. The van der Waals surface area contributed by atoms with Gasteiger partial charge in [-0.05, 0) is 19.3 Å². The molecule has 3 rings (SSSR count). The fourth-order valence-corrected chi connectivity index (χ4v) is 4.28. The second kappa shape index (κ2) is 7.13. The number of aryl methyl sites for hydroxylation is 1. The minimum Gasteiger partial charge on any atom is -0.389 e. The first-order valence-electron chi connectivity index (χ1n) is 8.67. The van der Waals surface area contributed by atoms with Crippen LogP contribution in [0.3, 0.4) is 0 Å². The quantitative estimate of drug-likeness (QED) is 0.907. The molecule has 7 heteroatoms. The summed E-state index contributed by atoms with van der Waals surface area (Å²) in [6, 6.07) is 0. The Labute approximate surface area is 141 Å². The number of hydrogen-bond donors (Lipinski definition) is 1. The molecule has 0 radical (unpaired) electrons. The minimum absolute atomic E-state index is 0.0998. The van der Waals surface area contributed by atoms with E-state index in [9.17, 15) is 9.90 Å². The molecular weight excluding hydrogens is 312 g/mol. The molecule has 1 aromatic heterocycles. The maximum Gasteiger partial charge on any atom is 0.225 e. The fraction of sp³-hybridized carbons (Fsp3) is 0.812. The summed E-state index contributed by atoms with van der Waals surface area (Å²) in [6.07, 6.45) is 5.68. The van der Waals surface area contributed by atoms with E-state index in [1.807, 2.05) is 4.90 Å². The summed E-state index contributed by atoms with van der Waals surface area (Å²) in [4.78, 5) is 21.2. The van der Waals surface area contributed by atoms with Crippen LogP contribution in [0.5, 0.6) is 0 Å². The lowest BCUT2D eigenvalue weighted by atomic mass is 9.97. The van der Waals surface area contributed by atoms with E-state index in [0.29, 0.717) is 6.54 Å². The number of carbonyl (C=O) groups is 1. The van der Waals surface area contributed by atoms with Crippen molar-refractivity contribution in [2.75, 3.05) is 31.1 Å². The maximum atomic E-state index is 12.5. The van der Waals surface area contributed by atoms with Crippen LogP contribution in [0.2, 0.25) is 0 Å². The molecular formula is C16H26N4O2S. The van der Waals surface area contributed by atoms with E-state index in [2.05, 4.69) is 21.2 Å². The first-order chi connectivity index (χ1) is 11.1. The summed E-state index contributed by atoms with van der Waals surface area (Å²) >= 11 is 1.45. The number of carbonyl (C=O) groups excluding carboxylic acids is 1. The molecule has 1 saturated heterocycles. The van der Waals surface area contributed by atoms with Gasteiger partial charge < -0.3 is 14.9 Å². The van der Waals surface area contributed by atoms with Crippen molar-refractivity contribution < 1.29 is 9.90 Å². The topological polar surface area (TPSA) is 69.6 Å². The monoisotopic (exact) mass is 338 g/mol. The van der Waals surface area contributed by atoms with Crippen molar-refractivity contribution in [2.24, 2.45) is 0 Å². The zero-order valence-electron chi connectivity index (χ0n) is 13.8. The molecule has 1 amide bonds. The Morgan fingerprint density at radius 3 is 2.70 bits per heavy atom. The maximum absolute atomic E-state index is 12.5. The van der Waals surface area contributed by atoms with Crippen molar-refractivity contribution in [1.29, 1.82) is 0 Å². The molecule has 1 aromatic rings. The highest BCUT2D eigenvalue weighted by Gasteiger charge is 2.35. The Kier molecular flexibility index (Phi) is 5.16. The van der Waals surface area contributed by atoms with Gasteiger partial charge in [0.15, 0.2) is 0 Å². The zero-order valence-corrected chi connectivity index (χ0v) is 14.6.